The van der Waals surface area contributed by atoms with Crippen LogP contribution in [0.1, 0.15) is 33.1 Å². The van der Waals surface area contributed by atoms with E-state index in [-0.39, 0.29) is 13.2 Å². The number of esters is 2. The zero-order valence-electron chi connectivity index (χ0n) is 11.8. The molecule has 0 spiro atoms. The molecular weight excluding hydrogens is 292 g/mol. The maximum absolute atomic E-state index is 11.6. The highest BCUT2D eigenvalue weighted by Gasteiger charge is 2.30. The number of ether oxygens (including phenoxy) is 2. The van der Waals surface area contributed by atoms with Crippen LogP contribution in [0.25, 0.3) is 0 Å². The number of hydrogen-bond donors (Lipinski definition) is 0. The molecule has 0 aromatic rings. The topological polar surface area (TPSA) is 105 Å². The predicted molar refractivity (Wildman–Crippen MR) is 67.9 cm³/mol. The van der Waals surface area contributed by atoms with Gasteiger partial charge in [-0.2, -0.15) is 8.42 Å². The van der Waals surface area contributed by atoms with E-state index in [1.165, 1.54) is 0 Å². The Hall–Kier alpha value is -1.19. The Kier molecular flexibility index (Phi) is 9.10. The van der Waals surface area contributed by atoms with Crippen LogP contribution in [0.15, 0.2) is 0 Å². The minimum Gasteiger partial charge on any atom is -0.466 e. The van der Waals surface area contributed by atoms with Crippen LogP contribution in [-0.4, -0.2) is 46.8 Å². The molecule has 0 aromatic carbocycles. The zero-order valence-corrected chi connectivity index (χ0v) is 12.6. The fraction of sp³-hybridized carbons (Fsp3) is 0.818. The Morgan fingerprint density at radius 3 is 2.10 bits per heavy atom. The molecule has 0 heterocycles. The third kappa shape index (κ3) is 8.08. The SMILES string of the molecule is CCCOC(=O)CC(OS(=O)(=O)OC)C(=O)OCCC. The van der Waals surface area contributed by atoms with Gasteiger partial charge in [0, 0.05) is 0 Å². The summed E-state index contributed by atoms with van der Waals surface area (Å²) in [5.74, 6) is -1.71. The molecule has 118 valence electrons. The van der Waals surface area contributed by atoms with Crippen molar-refractivity contribution in [1.29, 1.82) is 0 Å². The molecule has 0 fully saturated rings. The monoisotopic (exact) mass is 312 g/mol. The molecule has 0 aliphatic rings. The van der Waals surface area contributed by atoms with E-state index in [1.54, 1.807) is 13.8 Å². The van der Waals surface area contributed by atoms with Gasteiger partial charge < -0.3 is 9.47 Å². The van der Waals surface area contributed by atoms with Gasteiger partial charge in [0.2, 0.25) is 0 Å². The molecular formula is C11H20O8S. The lowest BCUT2D eigenvalue weighted by Gasteiger charge is -2.14. The van der Waals surface area contributed by atoms with Gasteiger partial charge in [-0.3, -0.25) is 8.98 Å². The molecule has 8 nitrogen and oxygen atoms in total. The highest BCUT2D eigenvalue weighted by Crippen LogP contribution is 2.09. The Morgan fingerprint density at radius 2 is 1.60 bits per heavy atom. The van der Waals surface area contributed by atoms with Crippen LogP contribution in [0.5, 0.6) is 0 Å². The summed E-state index contributed by atoms with van der Waals surface area (Å²) in [4.78, 5) is 23.0. The van der Waals surface area contributed by atoms with Gasteiger partial charge in [-0.15, -0.1) is 0 Å². The second-order valence-corrected chi connectivity index (χ2v) is 5.09. The number of carbonyl (C=O) groups is 2. The van der Waals surface area contributed by atoms with E-state index in [2.05, 4.69) is 8.37 Å². The summed E-state index contributed by atoms with van der Waals surface area (Å²) in [6.45, 7) is 3.83. The zero-order chi connectivity index (χ0) is 15.6. The average Bonchev–Trinajstić information content (AvgIpc) is 2.41. The molecule has 0 radical (unpaired) electrons. The van der Waals surface area contributed by atoms with Crippen molar-refractivity contribution in [2.24, 2.45) is 0 Å². The first-order chi connectivity index (χ1) is 9.36. The Balaban J connectivity index is 4.70. The molecule has 0 N–H and O–H groups in total. The highest BCUT2D eigenvalue weighted by atomic mass is 32.3. The number of carbonyl (C=O) groups excluding carboxylic acids is 2. The van der Waals surface area contributed by atoms with Crippen LogP contribution < -0.4 is 0 Å². The summed E-state index contributed by atoms with van der Waals surface area (Å²) in [7, 11) is -3.49. The summed E-state index contributed by atoms with van der Waals surface area (Å²) in [6.07, 6.45) is -1.02. The fourth-order valence-electron chi connectivity index (χ4n) is 1.06. The van der Waals surface area contributed by atoms with Gasteiger partial charge >= 0.3 is 22.3 Å². The third-order valence-electron chi connectivity index (χ3n) is 1.97. The third-order valence-corrected chi connectivity index (χ3v) is 2.84. The second-order valence-electron chi connectivity index (χ2n) is 3.75. The van der Waals surface area contributed by atoms with E-state index >= 15 is 0 Å². The van der Waals surface area contributed by atoms with E-state index in [0.717, 1.165) is 7.11 Å². The van der Waals surface area contributed by atoms with Gasteiger partial charge in [0.1, 0.15) is 0 Å². The molecule has 0 aliphatic carbocycles. The summed E-state index contributed by atoms with van der Waals surface area (Å²) in [5.41, 5.74) is 0. The van der Waals surface area contributed by atoms with Gasteiger partial charge in [-0.05, 0) is 12.8 Å². The highest BCUT2D eigenvalue weighted by molar-refractivity contribution is 7.81. The van der Waals surface area contributed by atoms with Crippen molar-refractivity contribution in [2.75, 3.05) is 20.3 Å². The average molecular weight is 312 g/mol. The molecule has 0 amide bonds. The summed E-state index contributed by atoms with van der Waals surface area (Å²) >= 11 is 0. The van der Waals surface area contributed by atoms with Crippen LogP contribution in [0.2, 0.25) is 0 Å². The predicted octanol–water partition coefficient (Wildman–Crippen LogP) is 0.559. The molecule has 1 atom stereocenters. The van der Waals surface area contributed by atoms with Gasteiger partial charge in [0.05, 0.1) is 26.7 Å². The molecule has 0 saturated heterocycles. The van der Waals surface area contributed by atoms with Crippen LogP contribution >= 0.6 is 0 Å². The lowest BCUT2D eigenvalue weighted by atomic mass is 10.2. The van der Waals surface area contributed by atoms with Crippen LogP contribution in [-0.2, 0) is 37.8 Å². The maximum atomic E-state index is 11.6. The smallest absolute Gasteiger partial charge is 0.400 e. The van der Waals surface area contributed by atoms with E-state index in [1.807, 2.05) is 0 Å². The van der Waals surface area contributed by atoms with Crippen molar-refractivity contribution in [3.63, 3.8) is 0 Å². The Bertz CT molecular complexity index is 403. The molecule has 9 heteroatoms. The van der Waals surface area contributed by atoms with Crippen molar-refractivity contribution < 1.29 is 35.8 Å². The molecule has 0 saturated carbocycles. The normalized spacial score (nSPS) is 12.8. The lowest BCUT2D eigenvalue weighted by molar-refractivity contribution is -0.158. The van der Waals surface area contributed by atoms with E-state index < -0.39 is 34.9 Å². The summed E-state index contributed by atoms with van der Waals surface area (Å²) in [6, 6.07) is 0. The van der Waals surface area contributed by atoms with Gasteiger partial charge in [-0.25, -0.2) is 8.98 Å². The Labute approximate surface area is 118 Å². The van der Waals surface area contributed by atoms with Gasteiger partial charge in [0.15, 0.2) is 6.10 Å². The quantitative estimate of drug-likeness (QED) is 0.539. The summed E-state index contributed by atoms with van der Waals surface area (Å²) < 4.78 is 40.4. The molecule has 0 aliphatic heterocycles. The fourth-order valence-corrected chi connectivity index (χ4v) is 1.57. The van der Waals surface area contributed by atoms with Gasteiger partial charge in [0.25, 0.3) is 0 Å². The standard InChI is InChI=1S/C11H20O8S/c1-4-6-17-10(12)8-9(11(13)18-7-5-2)19-20(14,15)16-3/h9H,4-8H2,1-3H3. The number of hydrogen-bond acceptors (Lipinski definition) is 8. The van der Waals surface area contributed by atoms with Crippen LogP contribution in [0, 0.1) is 0 Å². The van der Waals surface area contributed by atoms with Gasteiger partial charge in [-0.1, -0.05) is 13.8 Å². The van der Waals surface area contributed by atoms with Crippen molar-refractivity contribution in [3.05, 3.63) is 0 Å². The lowest BCUT2D eigenvalue weighted by Crippen LogP contribution is -2.32. The first kappa shape index (κ1) is 18.8. The molecule has 0 aromatic heterocycles. The van der Waals surface area contributed by atoms with Crippen molar-refractivity contribution in [1.82, 2.24) is 0 Å². The second kappa shape index (κ2) is 9.67. The minimum atomic E-state index is -4.36. The van der Waals surface area contributed by atoms with E-state index in [0.29, 0.717) is 12.8 Å². The van der Waals surface area contributed by atoms with Crippen LogP contribution in [0.4, 0.5) is 0 Å². The Morgan fingerprint density at radius 1 is 1.05 bits per heavy atom. The van der Waals surface area contributed by atoms with Crippen molar-refractivity contribution in [3.8, 4) is 0 Å². The first-order valence-corrected chi connectivity index (χ1v) is 7.50. The molecule has 0 bridgehead atoms. The summed E-state index contributed by atoms with van der Waals surface area (Å²) in [5, 5.41) is 0. The molecule has 20 heavy (non-hydrogen) atoms. The number of rotatable bonds is 10. The largest absolute Gasteiger partial charge is 0.466 e. The van der Waals surface area contributed by atoms with Crippen LogP contribution in [0.3, 0.4) is 0 Å². The van der Waals surface area contributed by atoms with E-state index in [9.17, 15) is 18.0 Å². The van der Waals surface area contributed by atoms with E-state index in [4.69, 9.17) is 9.47 Å². The minimum absolute atomic E-state index is 0.0930. The molecule has 1 unspecified atom stereocenters. The molecule has 0 rings (SSSR count). The first-order valence-electron chi connectivity index (χ1n) is 6.17. The maximum Gasteiger partial charge on any atom is 0.400 e. The van der Waals surface area contributed by atoms with Crippen molar-refractivity contribution in [2.45, 2.75) is 39.2 Å². The van der Waals surface area contributed by atoms with Crippen molar-refractivity contribution >= 4 is 22.3 Å².